The zero-order valence-electron chi connectivity index (χ0n) is 13.1. The van der Waals surface area contributed by atoms with Crippen LogP contribution < -0.4 is 4.74 Å². The predicted molar refractivity (Wildman–Crippen MR) is 82.4 cm³/mol. The highest BCUT2D eigenvalue weighted by Gasteiger charge is 2.46. The minimum Gasteiger partial charge on any atom is -0.497 e. The van der Waals surface area contributed by atoms with Crippen molar-refractivity contribution >= 4 is 11.9 Å². The molecule has 1 saturated carbocycles. The van der Waals surface area contributed by atoms with Gasteiger partial charge in [0, 0.05) is 19.0 Å². The van der Waals surface area contributed by atoms with Gasteiger partial charge in [-0.3, -0.25) is 9.59 Å². The van der Waals surface area contributed by atoms with Crippen molar-refractivity contribution in [1.29, 1.82) is 0 Å². The number of rotatable bonds is 5. The number of hydrogen-bond donors (Lipinski definition) is 1. The number of aliphatic carboxylic acids is 1. The van der Waals surface area contributed by atoms with E-state index in [1.807, 2.05) is 24.3 Å². The Morgan fingerprint density at radius 3 is 3.00 bits per heavy atom. The lowest BCUT2D eigenvalue weighted by Gasteiger charge is -2.32. The highest BCUT2D eigenvalue weighted by Crippen LogP contribution is 2.49. The highest BCUT2D eigenvalue weighted by molar-refractivity contribution is 5.83. The van der Waals surface area contributed by atoms with Crippen molar-refractivity contribution in [2.24, 2.45) is 5.92 Å². The zero-order chi connectivity index (χ0) is 16.4. The Morgan fingerprint density at radius 1 is 1.43 bits per heavy atom. The van der Waals surface area contributed by atoms with Gasteiger partial charge in [-0.15, -0.1) is 0 Å². The molecule has 0 spiro atoms. The lowest BCUT2D eigenvalue weighted by atomic mass is 10.1. The van der Waals surface area contributed by atoms with E-state index in [9.17, 15) is 9.59 Å². The number of carbonyl (C=O) groups is 2. The Hall–Kier alpha value is -2.08. The molecule has 1 N–H and O–H groups in total. The first-order chi connectivity index (χ1) is 11.1. The molecule has 1 aliphatic heterocycles. The Kier molecular flexibility index (Phi) is 4.52. The molecule has 0 aromatic heterocycles. The van der Waals surface area contributed by atoms with Crippen molar-refractivity contribution in [2.45, 2.75) is 24.9 Å². The molecule has 124 valence electrons. The molecule has 0 bridgehead atoms. The van der Waals surface area contributed by atoms with E-state index < -0.39 is 12.1 Å². The fraction of sp³-hybridized carbons (Fsp3) is 0.529. The molecule has 1 aliphatic carbocycles. The lowest BCUT2D eigenvalue weighted by Crippen LogP contribution is -2.47. The van der Waals surface area contributed by atoms with Gasteiger partial charge < -0.3 is 19.5 Å². The maximum atomic E-state index is 12.6. The number of carboxylic acid groups (broad SMARTS) is 1. The van der Waals surface area contributed by atoms with Crippen molar-refractivity contribution in [2.75, 3.05) is 26.8 Å². The van der Waals surface area contributed by atoms with E-state index in [0.29, 0.717) is 19.7 Å². The fourth-order valence-corrected chi connectivity index (χ4v) is 3.18. The summed E-state index contributed by atoms with van der Waals surface area (Å²) in [4.78, 5) is 25.2. The maximum Gasteiger partial charge on any atom is 0.306 e. The van der Waals surface area contributed by atoms with Crippen molar-refractivity contribution < 1.29 is 24.2 Å². The third-order valence-electron chi connectivity index (χ3n) is 4.48. The molecule has 6 heteroatoms. The molecule has 2 aliphatic rings. The first-order valence-electron chi connectivity index (χ1n) is 7.84. The standard InChI is InChI=1S/C17H21NO5/c1-22-12-4-2-3-11(7-12)14-9-15(14)17(21)18-5-6-23-13(10-18)8-16(19)20/h2-4,7,13-15H,5-6,8-10H2,1H3,(H,19,20)/t13-,14+,15+/m1/s1. The SMILES string of the molecule is COc1cccc([C@@H]2C[C@@H]2C(=O)N2CCO[C@H](CC(=O)O)C2)c1. The minimum absolute atomic E-state index is 0.00863. The normalized spacial score (nSPS) is 26.7. The number of amides is 1. The molecule has 2 fully saturated rings. The summed E-state index contributed by atoms with van der Waals surface area (Å²) in [6, 6.07) is 7.82. The van der Waals surface area contributed by atoms with E-state index in [2.05, 4.69) is 0 Å². The summed E-state index contributed by atoms with van der Waals surface area (Å²) in [6.45, 7) is 1.31. The Morgan fingerprint density at radius 2 is 2.26 bits per heavy atom. The molecule has 1 aromatic rings. The Balaban J connectivity index is 1.60. The van der Waals surface area contributed by atoms with Crippen LogP contribution >= 0.6 is 0 Å². The summed E-state index contributed by atoms with van der Waals surface area (Å²) in [5.74, 6) is 0.235. The molecule has 1 heterocycles. The van der Waals surface area contributed by atoms with Gasteiger partial charge in [-0.1, -0.05) is 12.1 Å². The van der Waals surface area contributed by atoms with Gasteiger partial charge in [-0.2, -0.15) is 0 Å². The second-order valence-electron chi connectivity index (χ2n) is 6.10. The summed E-state index contributed by atoms with van der Waals surface area (Å²) in [6.07, 6.45) is 0.375. The van der Waals surface area contributed by atoms with Gasteiger partial charge in [0.15, 0.2) is 0 Å². The van der Waals surface area contributed by atoms with Crippen LogP contribution in [0.15, 0.2) is 24.3 Å². The van der Waals surface area contributed by atoms with Crippen molar-refractivity contribution in [1.82, 2.24) is 4.90 Å². The number of hydrogen-bond acceptors (Lipinski definition) is 4. The van der Waals surface area contributed by atoms with Crippen LogP contribution in [0.1, 0.15) is 24.3 Å². The van der Waals surface area contributed by atoms with Crippen LogP contribution in [0, 0.1) is 5.92 Å². The molecule has 23 heavy (non-hydrogen) atoms. The third kappa shape index (κ3) is 3.64. The smallest absolute Gasteiger partial charge is 0.306 e. The van der Waals surface area contributed by atoms with Gasteiger partial charge in [0.25, 0.3) is 0 Å². The average Bonchev–Trinajstić information content (AvgIpc) is 3.34. The predicted octanol–water partition coefficient (Wildman–Crippen LogP) is 1.50. The lowest BCUT2D eigenvalue weighted by molar-refractivity contribution is -0.148. The van der Waals surface area contributed by atoms with E-state index in [-0.39, 0.29) is 24.2 Å². The molecule has 1 amide bonds. The van der Waals surface area contributed by atoms with Gasteiger partial charge in [-0.25, -0.2) is 0 Å². The van der Waals surface area contributed by atoms with E-state index in [0.717, 1.165) is 17.7 Å². The third-order valence-corrected chi connectivity index (χ3v) is 4.48. The summed E-state index contributed by atoms with van der Waals surface area (Å²) in [5.41, 5.74) is 1.12. The molecule has 0 unspecified atom stereocenters. The number of morpholine rings is 1. The zero-order valence-corrected chi connectivity index (χ0v) is 13.1. The summed E-state index contributed by atoms with van der Waals surface area (Å²) in [7, 11) is 1.63. The largest absolute Gasteiger partial charge is 0.497 e. The van der Waals surface area contributed by atoms with Crippen LogP contribution in [-0.4, -0.2) is 54.8 Å². The number of carboxylic acids is 1. The minimum atomic E-state index is -0.898. The van der Waals surface area contributed by atoms with Crippen LogP contribution in [0.5, 0.6) is 5.75 Å². The van der Waals surface area contributed by atoms with Crippen LogP contribution in [0.4, 0.5) is 0 Å². The van der Waals surface area contributed by atoms with Crippen LogP contribution in [0.25, 0.3) is 0 Å². The monoisotopic (exact) mass is 319 g/mol. The van der Waals surface area contributed by atoms with E-state index >= 15 is 0 Å². The second-order valence-corrected chi connectivity index (χ2v) is 6.10. The van der Waals surface area contributed by atoms with E-state index in [4.69, 9.17) is 14.6 Å². The quantitative estimate of drug-likeness (QED) is 0.890. The fourth-order valence-electron chi connectivity index (χ4n) is 3.18. The Labute approximate surface area is 135 Å². The summed E-state index contributed by atoms with van der Waals surface area (Å²) in [5, 5.41) is 8.86. The molecule has 3 atom stereocenters. The van der Waals surface area contributed by atoms with Gasteiger partial charge in [0.05, 0.1) is 26.2 Å². The van der Waals surface area contributed by atoms with Crippen LogP contribution in [-0.2, 0) is 14.3 Å². The molecule has 3 rings (SSSR count). The summed E-state index contributed by atoms with van der Waals surface area (Å²) < 4.78 is 10.6. The van der Waals surface area contributed by atoms with Crippen molar-refractivity contribution in [3.05, 3.63) is 29.8 Å². The second kappa shape index (κ2) is 6.58. The number of methoxy groups -OCH3 is 1. The highest BCUT2D eigenvalue weighted by atomic mass is 16.5. The molecule has 6 nitrogen and oxygen atoms in total. The van der Waals surface area contributed by atoms with E-state index in [1.165, 1.54) is 0 Å². The number of carbonyl (C=O) groups excluding carboxylic acids is 1. The van der Waals surface area contributed by atoms with Crippen molar-refractivity contribution in [3.63, 3.8) is 0 Å². The Bertz CT molecular complexity index is 602. The van der Waals surface area contributed by atoms with Gasteiger partial charge in [0.2, 0.25) is 5.91 Å². The molecule has 1 saturated heterocycles. The van der Waals surface area contributed by atoms with Gasteiger partial charge in [-0.05, 0) is 30.0 Å². The molecular weight excluding hydrogens is 298 g/mol. The van der Waals surface area contributed by atoms with Crippen LogP contribution in [0.3, 0.4) is 0 Å². The number of benzene rings is 1. The van der Waals surface area contributed by atoms with Crippen molar-refractivity contribution in [3.8, 4) is 5.75 Å². The van der Waals surface area contributed by atoms with Gasteiger partial charge in [0.1, 0.15) is 5.75 Å². The van der Waals surface area contributed by atoms with Crippen LogP contribution in [0.2, 0.25) is 0 Å². The first kappa shape index (κ1) is 15.8. The van der Waals surface area contributed by atoms with Gasteiger partial charge >= 0.3 is 5.97 Å². The topological polar surface area (TPSA) is 76.1 Å². The number of ether oxygens (including phenoxy) is 2. The molecule has 1 aromatic carbocycles. The molecule has 0 radical (unpaired) electrons. The maximum absolute atomic E-state index is 12.6. The van der Waals surface area contributed by atoms with E-state index in [1.54, 1.807) is 12.0 Å². The number of nitrogens with zero attached hydrogens (tertiary/aromatic N) is 1. The summed E-state index contributed by atoms with van der Waals surface area (Å²) >= 11 is 0. The molecular formula is C17H21NO5. The average molecular weight is 319 g/mol. The first-order valence-corrected chi connectivity index (χ1v) is 7.84.